The fraction of sp³-hybridized carbons (Fsp3) is 0.667. The van der Waals surface area contributed by atoms with Gasteiger partial charge in [-0.2, -0.15) is 0 Å². The Balaban J connectivity index is 2.28. The maximum absolute atomic E-state index is 11.9. The predicted molar refractivity (Wildman–Crippen MR) is 76.8 cm³/mol. The van der Waals surface area contributed by atoms with E-state index in [1.807, 2.05) is 12.1 Å². The van der Waals surface area contributed by atoms with Crippen LogP contribution in [0.3, 0.4) is 0 Å². The number of hydrogen-bond acceptors (Lipinski definition) is 3. The molecule has 108 valence electrons. The van der Waals surface area contributed by atoms with Crippen LogP contribution in [0.2, 0.25) is 0 Å². The lowest BCUT2D eigenvalue weighted by Gasteiger charge is -2.21. The Hall–Kier alpha value is -1.29. The molecule has 0 bridgehead atoms. The molecule has 0 aliphatic heterocycles. The number of hydrogen-bond donors (Lipinski definition) is 1. The molecule has 1 heterocycles. The summed E-state index contributed by atoms with van der Waals surface area (Å²) in [6, 6.07) is 3.70. The van der Waals surface area contributed by atoms with Gasteiger partial charge in [-0.05, 0) is 38.1 Å². The fourth-order valence-electron chi connectivity index (χ4n) is 1.89. The van der Waals surface area contributed by atoms with E-state index in [9.17, 15) is 4.79 Å². The molecular formula is C15H26N2O2. The average Bonchev–Trinajstić information content (AvgIpc) is 2.92. The summed E-state index contributed by atoms with van der Waals surface area (Å²) in [4.78, 5) is 14.1. The summed E-state index contributed by atoms with van der Waals surface area (Å²) in [5, 5.41) is 2.89. The Morgan fingerprint density at radius 3 is 2.47 bits per heavy atom. The maximum atomic E-state index is 11.9. The molecule has 0 spiro atoms. The van der Waals surface area contributed by atoms with E-state index in [-0.39, 0.29) is 5.91 Å². The van der Waals surface area contributed by atoms with E-state index >= 15 is 0 Å². The Morgan fingerprint density at radius 2 is 1.95 bits per heavy atom. The Morgan fingerprint density at radius 1 is 1.26 bits per heavy atom. The van der Waals surface area contributed by atoms with Crippen molar-refractivity contribution in [1.82, 2.24) is 10.2 Å². The third kappa shape index (κ3) is 7.01. The Bertz CT molecular complexity index is 328. The van der Waals surface area contributed by atoms with Crippen LogP contribution in [-0.2, 0) is 11.3 Å². The summed E-state index contributed by atoms with van der Waals surface area (Å²) in [5.41, 5.74) is 0. The molecule has 1 aromatic heterocycles. The monoisotopic (exact) mass is 266 g/mol. The minimum atomic E-state index is 0.0728. The second-order valence-corrected chi connectivity index (χ2v) is 4.84. The predicted octanol–water partition coefficient (Wildman–Crippen LogP) is 2.80. The third-order valence-corrected chi connectivity index (χ3v) is 3.06. The normalized spacial score (nSPS) is 10.9. The van der Waals surface area contributed by atoms with Crippen LogP contribution in [0.4, 0.5) is 0 Å². The summed E-state index contributed by atoms with van der Waals surface area (Å²) < 4.78 is 5.19. The minimum Gasteiger partial charge on any atom is -0.467 e. The van der Waals surface area contributed by atoms with Gasteiger partial charge in [0, 0.05) is 0 Å². The second kappa shape index (κ2) is 9.62. The number of rotatable bonds is 10. The molecule has 0 aliphatic carbocycles. The molecule has 1 rings (SSSR count). The highest BCUT2D eigenvalue weighted by Crippen LogP contribution is 2.01. The largest absolute Gasteiger partial charge is 0.467 e. The molecule has 0 aromatic carbocycles. The number of furan rings is 1. The molecule has 1 N–H and O–H groups in total. The maximum Gasteiger partial charge on any atom is 0.234 e. The van der Waals surface area contributed by atoms with Gasteiger partial charge in [-0.15, -0.1) is 0 Å². The fourth-order valence-corrected chi connectivity index (χ4v) is 1.89. The lowest BCUT2D eigenvalue weighted by atomic mass is 10.2. The van der Waals surface area contributed by atoms with Crippen LogP contribution in [0, 0.1) is 0 Å². The molecule has 0 fully saturated rings. The lowest BCUT2D eigenvalue weighted by Crippen LogP contribution is -2.38. The van der Waals surface area contributed by atoms with Gasteiger partial charge in [0.25, 0.3) is 0 Å². The Kier molecular flexibility index (Phi) is 7.98. The highest BCUT2D eigenvalue weighted by Gasteiger charge is 2.10. The molecule has 0 atom stereocenters. The standard InChI is InChI=1S/C15H26N2O2/c1-3-5-9-17(10-6-4-2)13-15(18)16-12-14-8-7-11-19-14/h7-8,11H,3-6,9-10,12-13H2,1-2H3,(H,16,18). The SMILES string of the molecule is CCCCN(CCCC)CC(=O)NCc1ccco1. The average molecular weight is 266 g/mol. The first-order chi connectivity index (χ1) is 9.26. The molecule has 0 aliphatic rings. The third-order valence-electron chi connectivity index (χ3n) is 3.06. The van der Waals surface area contributed by atoms with Crippen molar-refractivity contribution in [3.8, 4) is 0 Å². The van der Waals surface area contributed by atoms with Crippen molar-refractivity contribution >= 4 is 5.91 Å². The van der Waals surface area contributed by atoms with Crippen LogP contribution < -0.4 is 5.32 Å². The van der Waals surface area contributed by atoms with Crippen molar-refractivity contribution in [2.75, 3.05) is 19.6 Å². The highest BCUT2D eigenvalue weighted by molar-refractivity contribution is 5.77. The summed E-state index contributed by atoms with van der Waals surface area (Å²) in [5.74, 6) is 0.866. The van der Waals surface area contributed by atoms with Gasteiger partial charge in [-0.3, -0.25) is 9.69 Å². The molecule has 1 amide bonds. The van der Waals surface area contributed by atoms with Gasteiger partial charge < -0.3 is 9.73 Å². The number of amides is 1. The van der Waals surface area contributed by atoms with Crippen molar-refractivity contribution in [3.63, 3.8) is 0 Å². The van der Waals surface area contributed by atoms with E-state index < -0.39 is 0 Å². The van der Waals surface area contributed by atoms with E-state index in [0.717, 1.165) is 44.5 Å². The minimum absolute atomic E-state index is 0.0728. The summed E-state index contributed by atoms with van der Waals surface area (Å²) in [6.45, 7) is 7.32. The summed E-state index contributed by atoms with van der Waals surface area (Å²) >= 11 is 0. The van der Waals surface area contributed by atoms with Crippen LogP contribution in [0.25, 0.3) is 0 Å². The highest BCUT2D eigenvalue weighted by atomic mass is 16.3. The lowest BCUT2D eigenvalue weighted by molar-refractivity contribution is -0.122. The zero-order valence-electron chi connectivity index (χ0n) is 12.2. The second-order valence-electron chi connectivity index (χ2n) is 4.84. The molecule has 0 saturated carbocycles. The topological polar surface area (TPSA) is 45.5 Å². The van der Waals surface area contributed by atoms with Gasteiger partial charge >= 0.3 is 0 Å². The van der Waals surface area contributed by atoms with E-state index in [0.29, 0.717) is 13.1 Å². The van der Waals surface area contributed by atoms with Crippen LogP contribution in [0.15, 0.2) is 22.8 Å². The number of nitrogens with one attached hydrogen (secondary N) is 1. The van der Waals surface area contributed by atoms with Gasteiger partial charge in [0.1, 0.15) is 5.76 Å². The van der Waals surface area contributed by atoms with Crippen molar-refractivity contribution < 1.29 is 9.21 Å². The smallest absolute Gasteiger partial charge is 0.234 e. The summed E-state index contributed by atoms with van der Waals surface area (Å²) in [7, 11) is 0. The molecule has 0 radical (unpaired) electrons. The first kappa shape index (κ1) is 15.8. The van der Waals surface area contributed by atoms with Crippen LogP contribution in [-0.4, -0.2) is 30.4 Å². The number of carbonyl (C=O) groups excluding carboxylic acids is 1. The van der Waals surface area contributed by atoms with Crippen molar-refractivity contribution in [2.45, 2.75) is 46.1 Å². The Labute approximate surface area is 116 Å². The molecule has 0 unspecified atom stereocenters. The molecular weight excluding hydrogens is 240 g/mol. The van der Waals surface area contributed by atoms with Gasteiger partial charge in [-0.1, -0.05) is 26.7 Å². The van der Waals surface area contributed by atoms with Gasteiger partial charge in [0.2, 0.25) is 5.91 Å². The van der Waals surface area contributed by atoms with Crippen LogP contribution >= 0.6 is 0 Å². The molecule has 4 heteroatoms. The molecule has 1 aromatic rings. The summed E-state index contributed by atoms with van der Waals surface area (Å²) in [6.07, 6.45) is 6.24. The van der Waals surface area contributed by atoms with E-state index in [2.05, 4.69) is 24.1 Å². The molecule has 4 nitrogen and oxygen atoms in total. The van der Waals surface area contributed by atoms with E-state index in [1.54, 1.807) is 6.26 Å². The van der Waals surface area contributed by atoms with E-state index in [1.165, 1.54) is 0 Å². The van der Waals surface area contributed by atoms with Crippen LogP contribution in [0.1, 0.15) is 45.3 Å². The molecule has 19 heavy (non-hydrogen) atoms. The first-order valence-corrected chi connectivity index (χ1v) is 7.27. The van der Waals surface area contributed by atoms with Crippen molar-refractivity contribution in [1.29, 1.82) is 0 Å². The zero-order valence-corrected chi connectivity index (χ0v) is 12.2. The molecule has 0 saturated heterocycles. The van der Waals surface area contributed by atoms with Gasteiger partial charge in [0.05, 0.1) is 19.4 Å². The number of unbranched alkanes of at least 4 members (excludes halogenated alkanes) is 2. The number of nitrogens with zero attached hydrogens (tertiary/aromatic N) is 1. The first-order valence-electron chi connectivity index (χ1n) is 7.27. The van der Waals surface area contributed by atoms with Crippen LogP contribution in [0.5, 0.6) is 0 Å². The van der Waals surface area contributed by atoms with Crippen molar-refractivity contribution in [3.05, 3.63) is 24.2 Å². The van der Waals surface area contributed by atoms with Gasteiger partial charge in [-0.25, -0.2) is 0 Å². The zero-order chi connectivity index (χ0) is 13.9. The van der Waals surface area contributed by atoms with Gasteiger partial charge in [0.15, 0.2) is 0 Å². The van der Waals surface area contributed by atoms with E-state index in [4.69, 9.17) is 4.42 Å². The quantitative estimate of drug-likeness (QED) is 0.708. The van der Waals surface area contributed by atoms with Crippen molar-refractivity contribution in [2.24, 2.45) is 0 Å². The number of carbonyl (C=O) groups is 1.